The first-order valence-electron chi connectivity index (χ1n) is 6.06. The molecule has 2 heterocycles. The standard InChI is InChI=1S/C12H8N2.C3H4O4.Mn.2H2O/c1-3-9-5-6-10-4-2-8-14-12(10)11(9)13-7-1;4-2(5)1-3(6)7;;;/h1-8H;1H2,(H,4,5)(H,6,7);;2*1H2/q;;+2;;. The fourth-order valence-electron chi connectivity index (χ4n) is 1.80. The number of aliphatic carboxylic acids is 2. The maximum Gasteiger partial charge on any atom is 2.00 e. The number of fused-ring (bicyclic) bond motifs is 3. The molecule has 3 rings (SSSR count). The van der Waals surface area contributed by atoms with Crippen molar-refractivity contribution in [2.45, 2.75) is 6.42 Å². The molecule has 6 N–H and O–H groups in total. The molecule has 1 aromatic carbocycles. The quantitative estimate of drug-likeness (QED) is 0.213. The second-order valence-electron chi connectivity index (χ2n) is 4.14. The van der Waals surface area contributed by atoms with Gasteiger partial charge in [0.2, 0.25) is 0 Å². The first kappa shape index (κ1) is 23.7. The van der Waals surface area contributed by atoms with Crippen LogP contribution in [0.4, 0.5) is 0 Å². The van der Waals surface area contributed by atoms with Crippen molar-refractivity contribution in [3.63, 3.8) is 0 Å². The van der Waals surface area contributed by atoms with Gasteiger partial charge in [-0.3, -0.25) is 9.97 Å². The van der Waals surface area contributed by atoms with Gasteiger partial charge >= 0.3 is 17.1 Å². The third-order valence-corrected chi connectivity index (χ3v) is 2.63. The van der Waals surface area contributed by atoms with Crippen LogP contribution in [0.25, 0.3) is 21.8 Å². The number of hydrogen-bond acceptors (Lipinski definition) is 6. The molecule has 0 amide bonds. The van der Waals surface area contributed by atoms with Crippen molar-refractivity contribution in [3.05, 3.63) is 48.8 Å². The molecule has 3 aromatic rings. The second kappa shape index (κ2) is 11.0. The monoisotopic (exact) mass is 375 g/mol. The number of hydrogen-bond donors (Lipinski definition) is 0. The van der Waals surface area contributed by atoms with Crippen LogP contribution in [0.5, 0.6) is 0 Å². The summed E-state index contributed by atoms with van der Waals surface area (Å²) in [5, 5.41) is 20.8. The van der Waals surface area contributed by atoms with Gasteiger partial charge in [-0.1, -0.05) is 24.3 Å². The Morgan fingerprint density at radius 3 is 1.46 bits per heavy atom. The summed E-state index contributed by atoms with van der Waals surface area (Å²) in [5.41, 5.74) is 1.95. The topological polar surface area (TPSA) is 172 Å². The Kier molecular flexibility index (Phi) is 10.9. The Morgan fingerprint density at radius 2 is 1.17 bits per heavy atom. The van der Waals surface area contributed by atoms with E-state index in [0.29, 0.717) is 0 Å². The third kappa shape index (κ3) is 6.27. The maximum atomic E-state index is 9.28. The minimum absolute atomic E-state index is 0. The molecule has 8 nitrogen and oxygen atoms in total. The van der Waals surface area contributed by atoms with Gasteiger partial charge in [0.25, 0.3) is 0 Å². The summed E-state index contributed by atoms with van der Waals surface area (Å²) in [6.07, 6.45) is 2.58. The number of nitrogens with zero attached hydrogens (tertiary/aromatic N) is 2. The van der Waals surface area contributed by atoms with Crippen LogP contribution >= 0.6 is 0 Å². The van der Waals surface area contributed by atoms with Crippen molar-refractivity contribution in [2.24, 2.45) is 0 Å². The van der Waals surface area contributed by atoms with E-state index in [-0.39, 0.29) is 28.0 Å². The van der Waals surface area contributed by atoms with Gasteiger partial charge in [-0.25, -0.2) is 0 Å². The largest absolute Gasteiger partial charge is 2.00 e. The van der Waals surface area contributed by atoms with Gasteiger partial charge < -0.3 is 30.8 Å². The van der Waals surface area contributed by atoms with Crippen molar-refractivity contribution in [3.8, 4) is 0 Å². The molecule has 0 aliphatic carbocycles. The number of carbonyl (C=O) groups excluding carboxylic acids is 2. The van der Waals surface area contributed by atoms with E-state index in [1.165, 1.54) is 0 Å². The van der Waals surface area contributed by atoms with Gasteiger partial charge in [0, 0.05) is 41.5 Å². The summed E-state index contributed by atoms with van der Waals surface area (Å²) >= 11 is 0. The van der Waals surface area contributed by atoms with E-state index in [1.807, 2.05) is 12.1 Å². The van der Waals surface area contributed by atoms with Gasteiger partial charge in [0.1, 0.15) is 0 Å². The molecule has 2 aromatic heterocycles. The van der Waals surface area contributed by atoms with Gasteiger partial charge in [-0.05, 0) is 12.1 Å². The molecular weight excluding hydrogens is 359 g/mol. The van der Waals surface area contributed by atoms with Crippen LogP contribution in [0.2, 0.25) is 0 Å². The summed E-state index contributed by atoms with van der Waals surface area (Å²) in [6, 6.07) is 12.1. The van der Waals surface area contributed by atoms with E-state index < -0.39 is 18.4 Å². The minimum Gasteiger partial charge on any atom is -0.550 e. The number of pyridine rings is 2. The summed E-state index contributed by atoms with van der Waals surface area (Å²) in [4.78, 5) is 27.2. The Morgan fingerprint density at radius 1 is 0.792 bits per heavy atom. The van der Waals surface area contributed by atoms with Gasteiger partial charge in [-0.15, -0.1) is 0 Å². The van der Waals surface area contributed by atoms with E-state index in [9.17, 15) is 19.8 Å². The average molecular weight is 375 g/mol. The predicted molar refractivity (Wildman–Crippen MR) is 81.4 cm³/mol. The van der Waals surface area contributed by atoms with Crippen LogP contribution in [0, 0.1) is 0 Å². The third-order valence-electron chi connectivity index (χ3n) is 2.63. The number of carboxylic acid groups (broad SMARTS) is 2. The number of rotatable bonds is 2. The molecule has 0 bridgehead atoms. The molecule has 0 atom stereocenters. The summed E-state index contributed by atoms with van der Waals surface area (Å²) < 4.78 is 0. The Labute approximate surface area is 147 Å². The van der Waals surface area contributed by atoms with Crippen molar-refractivity contribution in [1.82, 2.24) is 9.97 Å². The second-order valence-corrected chi connectivity index (χ2v) is 4.14. The smallest absolute Gasteiger partial charge is 0.550 e. The van der Waals surface area contributed by atoms with Crippen LogP contribution in [0.3, 0.4) is 0 Å². The van der Waals surface area contributed by atoms with E-state index in [0.717, 1.165) is 21.8 Å². The maximum absolute atomic E-state index is 9.28. The van der Waals surface area contributed by atoms with Crippen LogP contribution in [0.1, 0.15) is 6.42 Å². The van der Waals surface area contributed by atoms with Gasteiger partial charge in [0.15, 0.2) is 0 Å². The molecule has 0 aliphatic heterocycles. The average Bonchev–Trinajstić information content (AvgIpc) is 2.46. The number of benzene rings is 1. The molecule has 9 heteroatoms. The molecular formula is C15H16MnN2O6+2. The molecule has 0 fully saturated rings. The molecule has 24 heavy (non-hydrogen) atoms. The first-order chi connectivity index (χ1) is 10.1. The fourth-order valence-corrected chi connectivity index (χ4v) is 1.80. The van der Waals surface area contributed by atoms with Crippen molar-refractivity contribution < 1.29 is 47.8 Å². The fraction of sp³-hybridized carbons (Fsp3) is 0.0667. The van der Waals surface area contributed by atoms with Crippen LogP contribution < -0.4 is 10.2 Å². The number of carboxylic acids is 2. The van der Waals surface area contributed by atoms with Crippen molar-refractivity contribution in [2.75, 3.05) is 0 Å². The SMILES string of the molecule is O=C([O-])CC(=O)[O-].[Mn+2].[OH3+].[OH3+].c1cnc2c(c1)ccc1cccnc12. The zero-order valence-corrected chi connectivity index (χ0v) is 13.6. The summed E-state index contributed by atoms with van der Waals surface area (Å²) in [5.74, 6) is -3.25. The molecule has 0 saturated heterocycles. The summed E-state index contributed by atoms with van der Waals surface area (Å²) in [6.45, 7) is 0. The van der Waals surface area contributed by atoms with E-state index in [4.69, 9.17) is 0 Å². The molecule has 127 valence electrons. The molecule has 0 aliphatic rings. The van der Waals surface area contributed by atoms with E-state index >= 15 is 0 Å². The molecule has 0 spiro atoms. The predicted octanol–water partition coefficient (Wildman–Crippen LogP) is -2.19. The van der Waals surface area contributed by atoms with Gasteiger partial charge in [-0.2, -0.15) is 0 Å². The minimum atomic E-state index is -1.63. The van der Waals surface area contributed by atoms with Crippen LogP contribution in [-0.4, -0.2) is 21.9 Å². The molecule has 1 radical (unpaired) electrons. The van der Waals surface area contributed by atoms with E-state index in [2.05, 4.69) is 34.2 Å². The van der Waals surface area contributed by atoms with E-state index in [1.54, 1.807) is 12.4 Å². The zero-order chi connectivity index (χ0) is 15.2. The Balaban J connectivity index is 0. The van der Waals surface area contributed by atoms with Crippen LogP contribution in [0.15, 0.2) is 48.8 Å². The molecule has 0 unspecified atom stereocenters. The van der Waals surface area contributed by atoms with Gasteiger partial charge in [0.05, 0.1) is 11.0 Å². The zero-order valence-electron chi connectivity index (χ0n) is 12.4. The van der Waals surface area contributed by atoms with Crippen molar-refractivity contribution in [1.29, 1.82) is 0 Å². The normalized spacial score (nSPS) is 8.67. The summed E-state index contributed by atoms with van der Waals surface area (Å²) in [7, 11) is 0. The van der Waals surface area contributed by atoms with Crippen molar-refractivity contribution >= 4 is 33.7 Å². The molecule has 0 saturated carbocycles. The number of aromatic nitrogens is 2. The Hall–Kier alpha value is -2.58. The number of carbonyl (C=O) groups is 2. The Bertz CT molecular complexity index is 745. The first-order valence-corrected chi connectivity index (χ1v) is 6.06. The van der Waals surface area contributed by atoms with Crippen LogP contribution in [-0.2, 0) is 37.6 Å².